The first-order valence-electron chi connectivity index (χ1n) is 6.48. The van der Waals surface area contributed by atoms with Crippen LogP contribution in [0.4, 0.5) is 0 Å². The molecule has 0 saturated heterocycles. The number of benzene rings is 2. The number of nitrogens with zero attached hydrogens (tertiary/aromatic N) is 1. The lowest BCUT2D eigenvalue weighted by Gasteiger charge is -2.08. The highest BCUT2D eigenvalue weighted by molar-refractivity contribution is 5.97. The maximum Gasteiger partial charge on any atom is 0.275 e. The Bertz CT molecular complexity index is 698. The van der Waals surface area contributed by atoms with Crippen molar-refractivity contribution in [2.75, 3.05) is 14.2 Å². The molecule has 0 atom stereocenters. The molecule has 2 aromatic carbocycles. The molecule has 0 unspecified atom stereocenters. The molecule has 2 aromatic rings. The fraction of sp³-hybridized carbons (Fsp3) is 0.125. The van der Waals surface area contributed by atoms with Gasteiger partial charge in [0, 0.05) is 6.07 Å². The van der Waals surface area contributed by atoms with Gasteiger partial charge in [-0.25, -0.2) is 5.43 Å². The first-order chi connectivity index (χ1) is 10.6. The number of amides is 1. The van der Waals surface area contributed by atoms with E-state index >= 15 is 0 Å². The van der Waals surface area contributed by atoms with Crippen molar-refractivity contribution in [1.82, 2.24) is 5.43 Å². The smallest absolute Gasteiger partial charge is 0.275 e. The monoisotopic (exact) mass is 300 g/mol. The molecule has 0 aliphatic rings. The van der Waals surface area contributed by atoms with Gasteiger partial charge in [0.15, 0.2) is 0 Å². The summed E-state index contributed by atoms with van der Waals surface area (Å²) in [6.07, 6.45) is 1.44. The van der Waals surface area contributed by atoms with Gasteiger partial charge in [-0.3, -0.25) is 4.79 Å². The number of hydrogen-bond donors (Lipinski definition) is 2. The zero-order chi connectivity index (χ0) is 15.9. The topological polar surface area (TPSA) is 80.2 Å². The number of hydrazone groups is 1. The van der Waals surface area contributed by atoms with Gasteiger partial charge in [-0.2, -0.15) is 5.10 Å². The summed E-state index contributed by atoms with van der Waals surface area (Å²) in [5.41, 5.74) is 3.42. The number of phenols is 1. The minimum absolute atomic E-state index is 0.132. The van der Waals surface area contributed by atoms with Crippen LogP contribution in [-0.4, -0.2) is 31.4 Å². The van der Waals surface area contributed by atoms with Gasteiger partial charge in [-0.15, -0.1) is 0 Å². The normalized spacial score (nSPS) is 10.5. The molecule has 0 fully saturated rings. The molecule has 6 heteroatoms. The van der Waals surface area contributed by atoms with Crippen molar-refractivity contribution in [2.45, 2.75) is 0 Å². The maximum absolute atomic E-state index is 12.1. The third-order valence-corrected chi connectivity index (χ3v) is 2.90. The molecule has 0 aromatic heterocycles. The zero-order valence-electron chi connectivity index (χ0n) is 12.2. The zero-order valence-corrected chi connectivity index (χ0v) is 12.2. The Morgan fingerprint density at radius 1 is 1.18 bits per heavy atom. The van der Waals surface area contributed by atoms with E-state index in [1.165, 1.54) is 26.5 Å². The molecule has 1 amide bonds. The van der Waals surface area contributed by atoms with E-state index < -0.39 is 5.91 Å². The highest BCUT2D eigenvalue weighted by Gasteiger charge is 2.12. The van der Waals surface area contributed by atoms with E-state index in [1.54, 1.807) is 36.4 Å². The summed E-state index contributed by atoms with van der Waals surface area (Å²) in [6, 6.07) is 11.4. The van der Waals surface area contributed by atoms with E-state index in [1.807, 2.05) is 0 Å². The molecule has 22 heavy (non-hydrogen) atoms. The lowest BCUT2D eigenvalue weighted by atomic mass is 10.2. The number of ether oxygens (including phenoxy) is 2. The SMILES string of the molecule is COc1ccc(C(=O)N/N=C\c2cccc(O)c2)c(OC)c1. The Hall–Kier alpha value is -3.02. The Morgan fingerprint density at radius 2 is 2.00 bits per heavy atom. The summed E-state index contributed by atoms with van der Waals surface area (Å²) in [5, 5.41) is 13.2. The maximum atomic E-state index is 12.1. The van der Waals surface area contributed by atoms with E-state index in [-0.39, 0.29) is 5.75 Å². The molecular formula is C16H16N2O4. The molecule has 0 aliphatic heterocycles. The van der Waals surface area contributed by atoms with Crippen molar-refractivity contribution in [3.63, 3.8) is 0 Å². The number of hydrogen-bond acceptors (Lipinski definition) is 5. The number of rotatable bonds is 5. The summed E-state index contributed by atoms with van der Waals surface area (Å²) >= 11 is 0. The van der Waals surface area contributed by atoms with Crippen molar-refractivity contribution in [3.05, 3.63) is 53.6 Å². The second-order valence-electron chi connectivity index (χ2n) is 4.36. The Kier molecular flexibility index (Phi) is 4.98. The van der Waals surface area contributed by atoms with E-state index in [0.29, 0.717) is 22.6 Å². The molecule has 0 saturated carbocycles. The van der Waals surface area contributed by atoms with Crippen LogP contribution >= 0.6 is 0 Å². The van der Waals surface area contributed by atoms with Crippen molar-refractivity contribution < 1.29 is 19.4 Å². The second kappa shape index (κ2) is 7.12. The molecule has 0 bridgehead atoms. The van der Waals surface area contributed by atoms with Gasteiger partial charge in [-0.05, 0) is 29.8 Å². The first-order valence-corrected chi connectivity index (χ1v) is 6.48. The number of carbonyl (C=O) groups is 1. The predicted octanol–water partition coefficient (Wildman–Crippen LogP) is 2.17. The summed E-state index contributed by atoms with van der Waals surface area (Å²) in [4.78, 5) is 12.1. The van der Waals surface area contributed by atoms with Crippen LogP contribution in [0.5, 0.6) is 17.2 Å². The van der Waals surface area contributed by atoms with Crippen LogP contribution in [-0.2, 0) is 0 Å². The van der Waals surface area contributed by atoms with Gasteiger partial charge in [0.25, 0.3) is 5.91 Å². The van der Waals surface area contributed by atoms with Crippen molar-refractivity contribution >= 4 is 12.1 Å². The lowest BCUT2D eigenvalue weighted by Crippen LogP contribution is -2.18. The molecule has 2 N–H and O–H groups in total. The first kappa shape index (κ1) is 15.4. The number of aromatic hydroxyl groups is 1. The van der Waals surface area contributed by atoms with Crippen LogP contribution < -0.4 is 14.9 Å². The van der Waals surface area contributed by atoms with Gasteiger partial charge in [0.05, 0.1) is 26.0 Å². The van der Waals surface area contributed by atoms with Crippen LogP contribution in [0.15, 0.2) is 47.6 Å². The van der Waals surface area contributed by atoms with E-state index in [9.17, 15) is 9.90 Å². The molecular weight excluding hydrogens is 284 g/mol. The minimum atomic E-state index is -0.407. The number of phenolic OH excluding ortho intramolecular Hbond substituents is 1. The fourth-order valence-corrected chi connectivity index (χ4v) is 1.82. The standard InChI is InChI=1S/C16H16N2O4/c1-21-13-6-7-14(15(9-13)22-2)16(20)18-17-10-11-4-3-5-12(19)8-11/h3-10,19H,1-2H3,(H,18,20)/b17-10-. The van der Waals surface area contributed by atoms with Gasteiger partial charge in [0.2, 0.25) is 0 Å². The molecule has 0 radical (unpaired) electrons. The molecule has 6 nitrogen and oxygen atoms in total. The van der Waals surface area contributed by atoms with Crippen LogP contribution in [0.25, 0.3) is 0 Å². The molecule has 0 heterocycles. The van der Waals surface area contributed by atoms with Gasteiger partial charge < -0.3 is 14.6 Å². The fourth-order valence-electron chi connectivity index (χ4n) is 1.82. The third kappa shape index (κ3) is 3.76. The summed E-state index contributed by atoms with van der Waals surface area (Å²) in [7, 11) is 3.01. The minimum Gasteiger partial charge on any atom is -0.508 e. The van der Waals surface area contributed by atoms with E-state index in [4.69, 9.17) is 9.47 Å². The summed E-state index contributed by atoms with van der Waals surface area (Å²) in [6.45, 7) is 0. The molecule has 2 rings (SSSR count). The van der Waals surface area contributed by atoms with Crippen molar-refractivity contribution in [1.29, 1.82) is 0 Å². The number of carbonyl (C=O) groups excluding carboxylic acids is 1. The van der Waals surface area contributed by atoms with Crippen LogP contribution in [0.3, 0.4) is 0 Å². The highest BCUT2D eigenvalue weighted by atomic mass is 16.5. The van der Waals surface area contributed by atoms with E-state index in [2.05, 4.69) is 10.5 Å². The molecule has 114 valence electrons. The van der Waals surface area contributed by atoms with Gasteiger partial charge >= 0.3 is 0 Å². The van der Waals surface area contributed by atoms with Crippen LogP contribution in [0.2, 0.25) is 0 Å². The van der Waals surface area contributed by atoms with Crippen LogP contribution in [0.1, 0.15) is 15.9 Å². The second-order valence-corrected chi connectivity index (χ2v) is 4.36. The van der Waals surface area contributed by atoms with E-state index in [0.717, 1.165) is 0 Å². The summed E-state index contributed by atoms with van der Waals surface area (Å²) < 4.78 is 10.2. The Balaban J connectivity index is 2.09. The average Bonchev–Trinajstić information content (AvgIpc) is 2.54. The number of methoxy groups -OCH3 is 2. The Morgan fingerprint density at radius 3 is 2.68 bits per heavy atom. The van der Waals surface area contributed by atoms with Crippen molar-refractivity contribution in [3.8, 4) is 17.2 Å². The highest BCUT2D eigenvalue weighted by Crippen LogP contribution is 2.24. The largest absolute Gasteiger partial charge is 0.508 e. The van der Waals surface area contributed by atoms with Crippen LogP contribution in [0, 0.1) is 0 Å². The summed E-state index contributed by atoms with van der Waals surface area (Å²) in [5.74, 6) is 0.712. The number of nitrogens with one attached hydrogen (secondary N) is 1. The molecule has 0 aliphatic carbocycles. The quantitative estimate of drug-likeness (QED) is 0.655. The van der Waals surface area contributed by atoms with Crippen molar-refractivity contribution in [2.24, 2.45) is 5.10 Å². The Labute approximate surface area is 128 Å². The lowest BCUT2D eigenvalue weighted by molar-refractivity contribution is 0.0952. The van der Waals surface area contributed by atoms with Gasteiger partial charge in [0.1, 0.15) is 17.2 Å². The van der Waals surface area contributed by atoms with Gasteiger partial charge in [-0.1, -0.05) is 12.1 Å². The average molecular weight is 300 g/mol. The molecule has 0 spiro atoms. The predicted molar refractivity (Wildman–Crippen MR) is 82.7 cm³/mol. The third-order valence-electron chi connectivity index (χ3n) is 2.90.